The number of rotatable bonds is 3. The molecule has 0 radical (unpaired) electrons. The predicted octanol–water partition coefficient (Wildman–Crippen LogP) is 2.66. The van der Waals surface area contributed by atoms with Gasteiger partial charge >= 0.3 is 0 Å². The highest BCUT2D eigenvalue weighted by molar-refractivity contribution is 6.33. The third-order valence-electron chi connectivity index (χ3n) is 4.06. The molecular weight excluding hydrogens is 302 g/mol. The molecule has 22 heavy (non-hydrogen) atoms. The van der Waals surface area contributed by atoms with Crippen LogP contribution in [-0.2, 0) is 0 Å². The second-order valence-electron chi connectivity index (χ2n) is 5.48. The van der Waals surface area contributed by atoms with Gasteiger partial charge in [-0.1, -0.05) is 11.6 Å². The number of fused-ring (bicyclic) bond motifs is 1. The molecule has 6 heteroatoms. The molecule has 0 unspecified atom stereocenters. The van der Waals surface area contributed by atoms with Crippen LogP contribution in [0.15, 0.2) is 18.2 Å². The van der Waals surface area contributed by atoms with Gasteiger partial charge < -0.3 is 19.3 Å². The molecule has 2 heterocycles. The molecule has 0 atom stereocenters. The van der Waals surface area contributed by atoms with Gasteiger partial charge in [0.25, 0.3) is 0 Å². The number of halogens is 1. The Morgan fingerprint density at radius 3 is 2.27 bits per heavy atom. The van der Waals surface area contributed by atoms with Gasteiger partial charge in [-0.25, -0.2) is 4.98 Å². The highest BCUT2D eigenvalue weighted by Crippen LogP contribution is 2.35. The first-order chi connectivity index (χ1) is 10.6. The first kappa shape index (κ1) is 15.2. The van der Waals surface area contributed by atoms with Crippen molar-refractivity contribution < 1.29 is 9.47 Å². The molecule has 0 N–H and O–H groups in total. The van der Waals surface area contributed by atoms with Crippen LogP contribution in [0.1, 0.15) is 0 Å². The molecule has 0 aliphatic carbocycles. The van der Waals surface area contributed by atoms with Gasteiger partial charge in [0.1, 0.15) is 5.82 Å². The third kappa shape index (κ3) is 2.78. The number of likely N-dealkylation sites (N-methyl/N-ethyl adjacent to an activating group) is 1. The number of ether oxygens (including phenoxy) is 2. The molecule has 1 saturated heterocycles. The largest absolute Gasteiger partial charge is 0.493 e. The Balaban J connectivity index is 2.03. The zero-order valence-electron chi connectivity index (χ0n) is 13.1. The van der Waals surface area contributed by atoms with E-state index >= 15 is 0 Å². The molecule has 118 valence electrons. The van der Waals surface area contributed by atoms with Gasteiger partial charge in [-0.3, -0.25) is 0 Å². The van der Waals surface area contributed by atoms with Crippen LogP contribution in [0.5, 0.6) is 11.5 Å². The zero-order valence-corrected chi connectivity index (χ0v) is 13.9. The number of aromatic nitrogens is 1. The van der Waals surface area contributed by atoms with E-state index in [4.69, 9.17) is 26.1 Å². The minimum atomic E-state index is 0.671. The number of anilines is 1. The third-order valence-corrected chi connectivity index (χ3v) is 4.34. The second-order valence-corrected chi connectivity index (χ2v) is 5.89. The number of benzene rings is 1. The SMILES string of the molecule is COc1cc2cc(Cl)c(N3CCN(C)CC3)nc2cc1OC. The van der Waals surface area contributed by atoms with E-state index in [-0.39, 0.29) is 0 Å². The van der Waals surface area contributed by atoms with Crippen molar-refractivity contribution in [3.8, 4) is 11.5 Å². The summed E-state index contributed by atoms with van der Waals surface area (Å²) in [4.78, 5) is 9.29. The molecular formula is C16H20ClN3O2. The van der Waals surface area contributed by atoms with Crippen molar-refractivity contribution in [1.29, 1.82) is 0 Å². The van der Waals surface area contributed by atoms with Crippen LogP contribution in [-0.4, -0.2) is 57.3 Å². The summed E-state index contributed by atoms with van der Waals surface area (Å²) in [5, 5.41) is 1.62. The molecule has 0 saturated carbocycles. The van der Waals surface area contributed by atoms with E-state index in [1.165, 1.54) is 0 Å². The summed E-state index contributed by atoms with van der Waals surface area (Å²) < 4.78 is 10.7. The molecule has 3 rings (SSSR count). The summed E-state index contributed by atoms with van der Waals surface area (Å²) >= 11 is 6.45. The van der Waals surface area contributed by atoms with Crippen molar-refractivity contribution in [3.05, 3.63) is 23.2 Å². The van der Waals surface area contributed by atoms with Crippen LogP contribution >= 0.6 is 11.6 Å². The molecule has 0 spiro atoms. The van der Waals surface area contributed by atoms with Crippen molar-refractivity contribution >= 4 is 28.3 Å². The maximum Gasteiger partial charge on any atom is 0.162 e. The van der Waals surface area contributed by atoms with Crippen molar-refractivity contribution in [2.75, 3.05) is 52.3 Å². The number of pyridine rings is 1. The normalized spacial score (nSPS) is 16.1. The minimum Gasteiger partial charge on any atom is -0.493 e. The predicted molar refractivity (Wildman–Crippen MR) is 89.6 cm³/mol. The molecule has 1 fully saturated rings. The summed E-state index contributed by atoms with van der Waals surface area (Å²) in [6.45, 7) is 3.90. The van der Waals surface area contributed by atoms with Gasteiger partial charge in [0.2, 0.25) is 0 Å². The minimum absolute atomic E-state index is 0.671. The Hall–Kier alpha value is -1.72. The van der Waals surface area contributed by atoms with E-state index in [9.17, 15) is 0 Å². The monoisotopic (exact) mass is 321 g/mol. The quantitative estimate of drug-likeness (QED) is 0.869. The number of nitrogens with zero attached hydrogens (tertiary/aromatic N) is 3. The summed E-state index contributed by atoms with van der Waals surface area (Å²) in [5.41, 5.74) is 0.857. The molecule has 1 aromatic carbocycles. The molecule has 2 aromatic rings. The lowest BCUT2D eigenvalue weighted by Crippen LogP contribution is -2.44. The fourth-order valence-corrected chi connectivity index (χ4v) is 2.98. The topological polar surface area (TPSA) is 37.8 Å². The maximum absolute atomic E-state index is 6.45. The van der Waals surface area contributed by atoms with Crippen molar-refractivity contribution in [2.45, 2.75) is 0 Å². The number of hydrogen-bond acceptors (Lipinski definition) is 5. The summed E-state index contributed by atoms with van der Waals surface area (Å²) in [6.07, 6.45) is 0. The second kappa shape index (κ2) is 6.18. The summed E-state index contributed by atoms with van der Waals surface area (Å²) in [5.74, 6) is 2.20. The standard InChI is InChI=1S/C16H20ClN3O2/c1-19-4-6-20(7-5-19)16-12(17)8-11-9-14(21-2)15(22-3)10-13(11)18-16/h8-10H,4-7H2,1-3H3. The van der Waals surface area contributed by atoms with E-state index in [1.807, 2.05) is 18.2 Å². The van der Waals surface area contributed by atoms with Crippen molar-refractivity contribution in [3.63, 3.8) is 0 Å². The van der Waals surface area contributed by atoms with E-state index in [2.05, 4.69) is 16.8 Å². The molecule has 1 aromatic heterocycles. The van der Waals surface area contributed by atoms with E-state index < -0.39 is 0 Å². The molecule has 1 aliphatic rings. The number of piperazine rings is 1. The van der Waals surface area contributed by atoms with Gasteiger partial charge in [0, 0.05) is 37.6 Å². The van der Waals surface area contributed by atoms with Gasteiger partial charge in [-0.2, -0.15) is 0 Å². The Bertz CT molecular complexity index is 685. The average molecular weight is 322 g/mol. The molecule has 0 bridgehead atoms. The fraction of sp³-hybridized carbons (Fsp3) is 0.438. The molecule has 1 aliphatic heterocycles. The van der Waals surface area contributed by atoms with Crippen molar-refractivity contribution in [2.24, 2.45) is 0 Å². The van der Waals surface area contributed by atoms with Crippen LogP contribution in [0.25, 0.3) is 10.9 Å². The van der Waals surface area contributed by atoms with Crippen LogP contribution in [0.3, 0.4) is 0 Å². The smallest absolute Gasteiger partial charge is 0.162 e. The molecule has 0 amide bonds. The summed E-state index contributed by atoms with van der Waals surface area (Å²) in [7, 11) is 5.38. The van der Waals surface area contributed by atoms with Crippen LogP contribution in [0.2, 0.25) is 5.02 Å². The average Bonchev–Trinajstić information content (AvgIpc) is 2.54. The Kier molecular flexibility index (Phi) is 4.27. The van der Waals surface area contributed by atoms with Gasteiger partial charge in [0.05, 0.1) is 24.8 Å². The van der Waals surface area contributed by atoms with Crippen LogP contribution < -0.4 is 14.4 Å². The van der Waals surface area contributed by atoms with Crippen LogP contribution in [0, 0.1) is 0 Å². The number of methoxy groups -OCH3 is 2. The lowest BCUT2D eigenvalue weighted by atomic mass is 10.2. The summed E-state index contributed by atoms with van der Waals surface area (Å²) in [6, 6.07) is 5.74. The molecule has 5 nitrogen and oxygen atoms in total. The first-order valence-corrected chi connectivity index (χ1v) is 7.66. The van der Waals surface area contributed by atoms with Gasteiger partial charge in [-0.15, -0.1) is 0 Å². The first-order valence-electron chi connectivity index (χ1n) is 7.28. The van der Waals surface area contributed by atoms with E-state index in [0.29, 0.717) is 16.5 Å². The Morgan fingerprint density at radius 1 is 1.00 bits per heavy atom. The zero-order chi connectivity index (χ0) is 15.7. The maximum atomic E-state index is 6.45. The lowest BCUT2D eigenvalue weighted by molar-refractivity contribution is 0.312. The van der Waals surface area contributed by atoms with Crippen molar-refractivity contribution in [1.82, 2.24) is 9.88 Å². The highest BCUT2D eigenvalue weighted by Gasteiger charge is 2.19. The Morgan fingerprint density at radius 2 is 1.64 bits per heavy atom. The Labute approximate surface area is 135 Å². The van der Waals surface area contributed by atoms with Gasteiger partial charge in [0.15, 0.2) is 11.5 Å². The van der Waals surface area contributed by atoms with Crippen LogP contribution in [0.4, 0.5) is 5.82 Å². The fourth-order valence-electron chi connectivity index (χ4n) is 2.70. The van der Waals surface area contributed by atoms with E-state index in [1.54, 1.807) is 14.2 Å². The van der Waals surface area contributed by atoms with E-state index in [0.717, 1.165) is 42.9 Å². The highest BCUT2D eigenvalue weighted by atomic mass is 35.5. The van der Waals surface area contributed by atoms with Gasteiger partial charge in [-0.05, 0) is 19.2 Å². The lowest BCUT2D eigenvalue weighted by Gasteiger charge is -2.33. The number of hydrogen-bond donors (Lipinski definition) is 0.